The third kappa shape index (κ3) is 3.42. The Morgan fingerprint density at radius 2 is 2.16 bits per heavy atom. The quantitative estimate of drug-likeness (QED) is 0.935. The van der Waals surface area contributed by atoms with Crippen molar-refractivity contribution >= 4 is 17.6 Å². The van der Waals surface area contributed by atoms with Crippen LogP contribution in [-0.2, 0) is 6.61 Å². The molecule has 2 aromatic rings. The zero-order valence-electron chi connectivity index (χ0n) is 9.64. The lowest BCUT2D eigenvalue weighted by Crippen LogP contribution is -2.02. The lowest BCUT2D eigenvalue weighted by molar-refractivity contribution is 0.0690. The summed E-state index contributed by atoms with van der Waals surface area (Å²) in [5, 5.41) is 8.99. The molecule has 0 aliphatic rings. The number of carboxylic acids is 1. The van der Waals surface area contributed by atoms with Gasteiger partial charge in [-0.25, -0.2) is 14.2 Å². The van der Waals surface area contributed by atoms with Gasteiger partial charge in [0.05, 0.1) is 6.20 Å². The van der Waals surface area contributed by atoms with E-state index in [1.807, 2.05) is 0 Å². The second-order valence-corrected chi connectivity index (χ2v) is 4.15. The van der Waals surface area contributed by atoms with Crippen molar-refractivity contribution in [1.29, 1.82) is 0 Å². The van der Waals surface area contributed by atoms with Crippen LogP contribution in [0.5, 0.6) is 5.75 Å². The summed E-state index contributed by atoms with van der Waals surface area (Å²) in [6.45, 7) is 0.0110. The highest BCUT2D eigenvalue weighted by Gasteiger charge is 2.06. The molecular formula is C13H9ClFNO3. The van der Waals surface area contributed by atoms with Crippen LogP contribution in [0.15, 0.2) is 36.5 Å². The number of halogens is 2. The van der Waals surface area contributed by atoms with Crippen LogP contribution in [0.3, 0.4) is 0 Å². The van der Waals surface area contributed by atoms with Crippen molar-refractivity contribution in [2.45, 2.75) is 6.61 Å². The lowest BCUT2D eigenvalue weighted by atomic mass is 10.2. The highest BCUT2D eigenvalue weighted by Crippen LogP contribution is 2.17. The molecule has 1 heterocycles. The molecule has 1 aromatic carbocycles. The number of nitrogens with zero attached hydrogens (tertiary/aromatic N) is 1. The molecule has 1 aromatic heterocycles. The molecule has 0 saturated heterocycles. The number of aromatic nitrogens is 1. The molecule has 0 unspecified atom stereocenters. The summed E-state index contributed by atoms with van der Waals surface area (Å²) < 4.78 is 18.8. The van der Waals surface area contributed by atoms with E-state index in [9.17, 15) is 9.18 Å². The number of rotatable bonds is 4. The van der Waals surface area contributed by atoms with Gasteiger partial charge in [-0.3, -0.25) is 0 Å². The summed E-state index contributed by atoms with van der Waals surface area (Å²) in [6.07, 6.45) is 1.28. The Balaban J connectivity index is 2.04. The van der Waals surface area contributed by atoms with Crippen molar-refractivity contribution in [3.8, 4) is 5.75 Å². The minimum atomic E-state index is -1.12. The van der Waals surface area contributed by atoms with Gasteiger partial charge in [0.25, 0.3) is 0 Å². The molecule has 19 heavy (non-hydrogen) atoms. The predicted molar refractivity (Wildman–Crippen MR) is 66.9 cm³/mol. The molecule has 0 amide bonds. The van der Waals surface area contributed by atoms with Gasteiger partial charge in [-0.2, -0.15) is 0 Å². The Bertz CT molecular complexity index is 601. The summed E-state index contributed by atoms with van der Waals surface area (Å²) in [5.41, 5.74) is 0.275. The van der Waals surface area contributed by atoms with E-state index in [0.717, 1.165) is 0 Å². The second kappa shape index (κ2) is 5.67. The van der Waals surface area contributed by atoms with Gasteiger partial charge in [-0.15, -0.1) is 0 Å². The third-order valence-electron chi connectivity index (χ3n) is 2.36. The molecule has 2 rings (SSSR count). The number of benzene rings is 1. The van der Waals surface area contributed by atoms with Crippen LogP contribution in [0, 0.1) is 5.82 Å². The van der Waals surface area contributed by atoms with Crippen LogP contribution >= 0.6 is 11.6 Å². The standard InChI is InChI=1S/C13H9ClFNO3/c14-9-2-1-8(11(15)5-9)7-19-10-3-4-12(13(17)18)16-6-10/h1-6H,7H2,(H,17,18). The number of hydrogen-bond acceptors (Lipinski definition) is 3. The first kappa shape index (κ1) is 13.3. The Morgan fingerprint density at radius 1 is 1.37 bits per heavy atom. The van der Waals surface area contributed by atoms with Crippen LogP contribution < -0.4 is 4.74 Å². The van der Waals surface area contributed by atoms with Crippen molar-refractivity contribution in [3.05, 3.63) is 58.6 Å². The fourth-order valence-corrected chi connectivity index (χ4v) is 1.55. The van der Waals surface area contributed by atoms with Gasteiger partial charge in [-0.05, 0) is 24.3 Å². The first-order chi connectivity index (χ1) is 9.06. The van der Waals surface area contributed by atoms with Gasteiger partial charge in [0.15, 0.2) is 0 Å². The molecule has 4 nitrogen and oxygen atoms in total. The Labute approximate surface area is 113 Å². The van der Waals surface area contributed by atoms with E-state index in [-0.39, 0.29) is 12.3 Å². The van der Waals surface area contributed by atoms with E-state index in [1.54, 1.807) is 6.07 Å². The van der Waals surface area contributed by atoms with Crippen LogP contribution in [0.1, 0.15) is 16.1 Å². The monoisotopic (exact) mass is 281 g/mol. The maximum absolute atomic E-state index is 13.5. The average molecular weight is 282 g/mol. The van der Waals surface area contributed by atoms with Gasteiger partial charge in [-0.1, -0.05) is 17.7 Å². The maximum Gasteiger partial charge on any atom is 0.354 e. The van der Waals surface area contributed by atoms with Crippen LogP contribution in [0.25, 0.3) is 0 Å². The zero-order valence-corrected chi connectivity index (χ0v) is 10.4. The van der Waals surface area contributed by atoms with E-state index >= 15 is 0 Å². The average Bonchev–Trinajstić information content (AvgIpc) is 2.38. The Kier molecular flexibility index (Phi) is 3.97. The molecule has 0 fully saturated rings. The largest absolute Gasteiger partial charge is 0.487 e. The highest BCUT2D eigenvalue weighted by molar-refractivity contribution is 6.30. The van der Waals surface area contributed by atoms with Gasteiger partial charge in [0.2, 0.25) is 0 Å². The number of carboxylic acid groups (broad SMARTS) is 1. The molecule has 6 heteroatoms. The van der Waals surface area contributed by atoms with Gasteiger partial charge in [0.1, 0.15) is 23.9 Å². The van der Waals surface area contributed by atoms with Crippen LogP contribution in [-0.4, -0.2) is 16.1 Å². The topological polar surface area (TPSA) is 59.4 Å². The lowest BCUT2D eigenvalue weighted by Gasteiger charge is -2.07. The fraction of sp³-hybridized carbons (Fsp3) is 0.0769. The number of pyridine rings is 1. The molecular weight excluding hydrogens is 273 g/mol. The zero-order chi connectivity index (χ0) is 13.8. The van der Waals surface area contributed by atoms with E-state index in [2.05, 4.69) is 4.98 Å². The summed E-state index contributed by atoms with van der Waals surface area (Å²) in [4.78, 5) is 14.3. The summed E-state index contributed by atoms with van der Waals surface area (Å²) in [5.74, 6) is -1.21. The van der Waals surface area contributed by atoms with Crippen LogP contribution in [0.2, 0.25) is 5.02 Å². The minimum absolute atomic E-state index is 0.0110. The SMILES string of the molecule is O=C(O)c1ccc(OCc2ccc(Cl)cc2F)cn1. The number of hydrogen-bond donors (Lipinski definition) is 1. The highest BCUT2D eigenvalue weighted by atomic mass is 35.5. The predicted octanol–water partition coefficient (Wildman–Crippen LogP) is 3.15. The van der Waals surface area contributed by atoms with Crippen molar-refractivity contribution < 1.29 is 19.0 Å². The maximum atomic E-state index is 13.5. The molecule has 0 aliphatic heterocycles. The Hall–Kier alpha value is -2.14. The van der Waals surface area contributed by atoms with E-state index < -0.39 is 11.8 Å². The smallest absolute Gasteiger partial charge is 0.354 e. The van der Waals surface area contributed by atoms with Crippen molar-refractivity contribution in [2.24, 2.45) is 0 Å². The van der Waals surface area contributed by atoms with Gasteiger partial charge < -0.3 is 9.84 Å². The molecule has 0 radical (unpaired) electrons. The summed E-state index contributed by atoms with van der Waals surface area (Å²) in [7, 11) is 0. The molecule has 1 N–H and O–H groups in total. The fourth-order valence-electron chi connectivity index (χ4n) is 1.39. The van der Waals surface area contributed by atoms with E-state index in [0.29, 0.717) is 16.3 Å². The minimum Gasteiger partial charge on any atom is -0.487 e. The van der Waals surface area contributed by atoms with Gasteiger partial charge >= 0.3 is 5.97 Å². The number of carbonyl (C=O) groups is 1. The normalized spacial score (nSPS) is 10.2. The summed E-state index contributed by atoms with van der Waals surface area (Å²) in [6, 6.07) is 7.07. The molecule has 0 spiro atoms. The van der Waals surface area contributed by atoms with Crippen molar-refractivity contribution in [3.63, 3.8) is 0 Å². The molecule has 0 saturated carbocycles. The second-order valence-electron chi connectivity index (χ2n) is 3.71. The molecule has 98 valence electrons. The van der Waals surface area contributed by atoms with E-state index in [1.165, 1.54) is 30.5 Å². The first-order valence-corrected chi connectivity index (χ1v) is 5.70. The van der Waals surface area contributed by atoms with E-state index in [4.69, 9.17) is 21.4 Å². The van der Waals surface area contributed by atoms with Crippen molar-refractivity contribution in [2.75, 3.05) is 0 Å². The third-order valence-corrected chi connectivity index (χ3v) is 2.60. The first-order valence-electron chi connectivity index (χ1n) is 5.32. The Morgan fingerprint density at radius 3 is 2.74 bits per heavy atom. The van der Waals surface area contributed by atoms with Crippen molar-refractivity contribution in [1.82, 2.24) is 4.98 Å². The summed E-state index contributed by atoms with van der Waals surface area (Å²) >= 11 is 5.63. The number of ether oxygens (including phenoxy) is 1. The van der Waals surface area contributed by atoms with Crippen LogP contribution in [0.4, 0.5) is 4.39 Å². The molecule has 0 aliphatic carbocycles. The molecule has 0 atom stereocenters. The van der Waals surface area contributed by atoms with Gasteiger partial charge in [0, 0.05) is 10.6 Å². The molecule has 0 bridgehead atoms. The number of aromatic carboxylic acids is 1.